The number of likely N-dealkylation sites (N-methyl/N-ethyl adjacent to an activating group) is 1. The van der Waals surface area contributed by atoms with Gasteiger partial charge in [0.2, 0.25) is 5.91 Å². The van der Waals surface area contributed by atoms with E-state index in [-0.39, 0.29) is 31.5 Å². The van der Waals surface area contributed by atoms with E-state index in [9.17, 15) is 19.0 Å². The SMILES string of the molecule is CCCCCC/C=C\CCCCCCCCCC(=O)OC(/C=C/CCCCCCCCCCC)C(COP(=O)(O)OCC[N+](C)(C)C)NC(=O)CCCCCCC/C=C/CCCCCCCCC. The second kappa shape index (κ2) is 48.8. The highest BCUT2D eigenvalue weighted by molar-refractivity contribution is 7.47. The maximum Gasteiger partial charge on any atom is 0.472 e. The molecule has 0 aromatic rings. The molecule has 0 aromatic heterocycles. The van der Waals surface area contributed by atoms with Gasteiger partial charge in [0.25, 0.3) is 0 Å². The number of hydrogen-bond acceptors (Lipinski definition) is 6. The third kappa shape index (κ3) is 49.2. The summed E-state index contributed by atoms with van der Waals surface area (Å²) in [5.74, 6) is -0.514. The Bertz CT molecular complexity index is 1270. The molecule has 0 aliphatic heterocycles. The molecule has 0 fully saturated rings. The maximum absolute atomic E-state index is 13.5. The van der Waals surface area contributed by atoms with Crippen LogP contribution >= 0.6 is 7.82 Å². The number of carbonyl (C=O) groups excluding carboxylic acids is 2. The van der Waals surface area contributed by atoms with Crippen molar-refractivity contribution in [3.05, 3.63) is 36.5 Å². The van der Waals surface area contributed by atoms with E-state index < -0.39 is 20.0 Å². The van der Waals surface area contributed by atoms with Gasteiger partial charge in [-0.2, -0.15) is 0 Å². The van der Waals surface area contributed by atoms with Gasteiger partial charge in [0, 0.05) is 12.8 Å². The van der Waals surface area contributed by atoms with E-state index in [1.807, 2.05) is 33.3 Å². The highest BCUT2D eigenvalue weighted by atomic mass is 31.2. The van der Waals surface area contributed by atoms with Crippen molar-refractivity contribution in [2.45, 2.75) is 283 Å². The van der Waals surface area contributed by atoms with Crippen LogP contribution in [-0.4, -0.2) is 74.3 Å². The molecule has 0 aromatic carbocycles. The van der Waals surface area contributed by atoms with Gasteiger partial charge in [0.15, 0.2) is 0 Å². The van der Waals surface area contributed by atoms with Crippen LogP contribution in [0, 0.1) is 0 Å². The van der Waals surface area contributed by atoms with E-state index in [1.54, 1.807) is 0 Å². The largest absolute Gasteiger partial charge is 0.472 e. The lowest BCUT2D eigenvalue weighted by molar-refractivity contribution is -0.870. The Kier molecular flexibility index (Phi) is 47.6. The highest BCUT2D eigenvalue weighted by Gasteiger charge is 2.30. The number of hydrogen-bond donors (Lipinski definition) is 2. The molecule has 0 saturated carbocycles. The van der Waals surface area contributed by atoms with Crippen LogP contribution in [0.1, 0.15) is 271 Å². The molecule has 10 heteroatoms. The molecule has 0 heterocycles. The Labute approximate surface area is 421 Å². The number of ether oxygens (including phenoxy) is 1. The average molecular weight is 981 g/mol. The minimum Gasteiger partial charge on any atom is -0.456 e. The molecule has 0 rings (SSSR count). The summed E-state index contributed by atoms with van der Waals surface area (Å²) in [7, 11) is 1.49. The fraction of sp³-hybridized carbons (Fsp3) is 0.862. The molecule has 2 N–H and O–H groups in total. The van der Waals surface area contributed by atoms with Crippen LogP contribution < -0.4 is 5.32 Å². The Balaban J connectivity index is 5.33. The first kappa shape index (κ1) is 66.2. The second-order valence-corrected chi connectivity index (χ2v) is 22.3. The summed E-state index contributed by atoms with van der Waals surface area (Å²) >= 11 is 0. The number of phosphoric ester groups is 1. The molecule has 0 aliphatic carbocycles. The third-order valence-corrected chi connectivity index (χ3v) is 13.8. The van der Waals surface area contributed by atoms with E-state index >= 15 is 0 Å². The van der Waals surface area contributed by atoms with Gasteiger partial charge < -0.3 is 19.4 Å². The number of phosphoric acid groups is 1. The van der Waals surface area contributed by atoms with Crippen LogP contribution in [0.3, 0.4) is 0 Å². The van der Waals surface area contributed by atoms with E-state index in [1.165, 1.54) is 154 Å². The molecular formula is C58H112N2O7P+. The molecule has 1 amide bonds. The van der Waals surface area contributed by atoms with E-state index in [2.05, 4.69) is 50.4 Å². The van der Waals surface area contributed by atoms with Gasteiger partial charge in [-0.3, -0.25) is 18.6 Å². The van der Waals surface area contributed by atoms with E-state index in [4.69, 9.17) is 13.8 Å². The van der Waals surface area contributed by atoms with Gasteiger partial charge in [-0.25, -0.2) is 4.57 Å². The van der Waals surface area contributed by atoms with Crippen molar-refractivity contribution in [2.75, 3.05) is 40.9 Å². The summed E-state index contributed by atoms with van der Waals surface area (Å²) in [6, 6.07) is -0.850. The number of allylic oxidation sites excluding steroid dienone is 5. The molecule has 0 saturated heterocycles. The van der Waals surface area contributed by atoms with Gasteiger partial charge in [0.05, 0.1) is 33.8 Å². The lowest BCUT2D eigenvalue weighted by atomic mass is 10.1. The smallest absolute Gasteiger partial charge is 0.456 e. The fourth-order valence-electron chi connectivity index (χ4n) is 8.28. The zero-order valence-electron chi connectivity index (χ0n) is 45.6. The average Bonchev–Trinajstić information content (AvgIpc) is 3.29. The van der Waals surface area contributed by atoms with Gasteiger partial charge in [-0.05, 0) is 83.1 Å². The first-order valence-electron chi connectivity index (χ1n) is 28.8. The Hall–Kier alpha value is -1.77. The van der Waals surface area contributed by atoms with Gasteiger partial charge in [0.1, 0.15) is 19.3 Å². The summed E-state index contributed by atoms with van der Waals surface area (Å²) in [5.41, 5.74) is 0. The summed E-state index contributed by atoms with van der Waals surface area (Å²) in [6.45, 7) is 6.99. The molecule has 3 unspecified atom stereocenters. The topological polar surface area (TPSA) is 111 Å². The lowest BCUT2D eigenvalue weighted by Crippen LogP contribution is -2.47. The van der Waals surface area contributed by atoms with Crippen LogP contribution in [0.5, 0.6) is 0 Å². The van der Waals surface area contributed by atoms with Crippen LogP contribution in [0.2, 0.25) is 0 Å². The molecule has 0 radical (unpaired) electrons. The van der Waals surface area contributed by atoms with Gasteiger partial charge in [-0.15, -0.1) is 0 Å². The first-order chi connectivity index (χ1) is 32.9. The van der Waals surface area contributed by atoms with Crippen LogP contribution in [0.25, 0.3) is 0 Å². The van der Waals surface area contributed by atoms with Crippen molar-refractivity contribution in [1.29, 1.82) is 0 Å². The number of unbranched alkanes of at least 4 members (excludes halogenated alkanes) is 32. The normalized spacial score (nSPS) is 14.0. The number of esters is 1. The zero-order valence-corrected chi connectivity index (χ0v) is 46.5. The maximum atomic E-state index is 13.5. The van der Waals surface area contributed by atoms with Crippen molar-refractivity contribution >= 4 is 19.7 Å². The van der Waals surface area contributed by atoms with E-state index in [0.717, 1.165) is 83.5 Å². The summed E-state index contributed by atoms with van der Waals surface area (Å²) in [5, 5.41) is 3.04. The Morgan fingerprint density at radius 1 is 0.500 bits per heavy atom. The van der Waals surface area contributed by atoms with Crippen molar-refractivity contribution in [1.82, 2.24) is 5.32 Å². The number of nitrogens with one attached hydrogen (secondary N) is 1. The second-order valence-electron chi connectivity index (χ2n) is 20.8. The third-order valence-electron chi connectivity index (χ3n) is 12.8. The fourth-order valence-corrected chi connectivity index (χ4v) is 9.02. The molecule has 0 bridgehead atoms. The standard InChI is InChI=1S/C58H111N2O7P/c1-7-10-13-16-19-22-25-27-29-31-32-35-38-41-44-47-50-57(61)59-55(54-66-68(63,64)65-53-52-60(4,5)6)56(49-46-43-40-37-34-24-21-18-15-12-9-3)67-58(62)51-48-45-42-39-36-33-30-28-26-23-20-17-14-11-8-2/h23,26,29,31,46,49,55-56H,7-22,24-25,27-28,30,32-45,47-48,50-54H2,1-6H3,(H-,59,61,63,64)/p+1/b26-23-,31-29+,49-46+. The molecule has 0 aliphatic rings. The Morgan fingerprint density at radius 2 is 0.853 bits per heavy atom. The number of rotatable bonds is 52. The van der Waals surface area contributed by atoms with Crippen molar-refractivity contribution in [2.24, 2.45) is 0 Å². The first-order valence-corrected chi connectivity index (χ1v) is 30.3. The Morgan fingerprint density at radius 3 is 1.26 bits per heavy atom. The van der Waals surface area contributed by atoms with Crippen molar-refractivity contribution in [3.8, 4) is 0 Å². The quantitative estimate of drug-likeness (QED) is 0.0205. The number of quaternary nitrogens is 1. The van der Waals surface area contributed by atoms with E-state index in [0.29, 0.717) is 17.4 Å². The lowest BCUT2D eigenvalue weighted by Gasteiger charge is -2.27. The molecule has 3 atom stereocenters. The predicted molar refractivity (Wildman–Crippen MR) is 291 cm³/mol. The minimum atomic E-state index is -4.44. The van der Waals surface area contributed by atoms with Crippen LogP contribution in [0.4, 0.5) is 0 Å². The van der Waals surface area contributed by atoms with Crippen molar-refractivity contribution in [3.63, 3.8) is 0 Å². The monoisotopic (exact) mass is 980 g/mol. The van der Waals surface area contributed by atoms with Gasteiger partial charge in [-0.1, -0.05) is 212 Å². The predicted octanol–water partition coefficient (Wildman–Crippen LogP) is 17.2. The molecule has 0 spiro atoms. The van der Waals surface area contributed by atoms with Crippen LogP contribution in [0.15, 0.2) is 36.5 Å². The molecule has 9 nitrogen and oxygen atoms in total. The number of nitrogens with zero attached hydrogens (tertiary/aromatic N) is 1. The molecular weight excluding hydrogens is 868 g/mol. The number of carbonyl (C=O) groups is 2. The van der Waals surface area contributed by atoms with Crippen LogP contribution in [-0.2, 0) is 27.9 Å². The zero-order chi connectivity index (χ0) is 50.1. The van der Waals surface area contributed by atoms with Crippen molar-refractivity contribution < 1.29 is 37.3 Å². The molecule has 400 valence electrons. The minimum absolute atomic E-state index is 0.0392. The summed E-state index contributed by atoms with van der Waals surface area (Å²) < 4.78 is 30.6. The number of amides is 1. The molecule has 68 heavy (non-hydrogen) atoms. The summed E-state index contributed by atoms with van der Waals surface area (Å²) in [6.07, 6.45) is 57.0. The highest BCUT2D eigenvalue weighted by Crippen LogP contribution is 2.43. The van der Waals surface area contributed by atoms with Gasteiger partial charge >= 0.3 is 13.8 Å². The summed E-state index contributed by atoms with van der Waals surface area (Å²) in [4.78, 5) is 37.5.